The van der Waals surface area contributed by atoms with Gasteiger partial charge in [0.25, 0.3) is 0 Å². The summed E-state index contributed by atoms with van der Waals surface area (Å²) in [5.41, 5.74) is 1.79. The van der Waals surface area contributed by atoms with Crippen LogP contribution in [-0.4, -0.2) is 44.6 Å². The molecule has 0 aliphatic heterocycles. The van der Waals surface area contributed by atoms with Gasteiger partial charge in [0.2, 0.25) is 5.91 Å². The molecule has 2 aromatic rings. The first-order valence-electron chi connectivity index (χ1n) is 9.36. The van der Waals surface area contributed by atoms with Crippen molar-refractivity contribution in [3.05, 3.63) is 65.7 Å². The number of urea groups is 1. The number of sulfone groups is 1. The lowest BCUT2D eigenvalue weighted by Crippen LogP contribution is -2.44. The lowest BCUT2D eigenvalue weighted by atomic mass is 10.1. The van der Waals surface area contributed by atoms with E-state index < -0.39 is 15.9 Å². The van der Waals surface area contributed by atoms with Gasteiger partial charge < -0.3 is 15.5 Å². The first-order chi connectivity index (χ1) is 13.7. The number of hydrogen-bond acceptors (Lipinski definition) is 4. The van der Waals surface area contributed by atoms with Gasteiger partial charge in [-0.2, -0.15) is 0 Å². The van der Waals surface area contributed by atoms with Crippen molar-refractivity contribution in [2.45, 2.75) is 31.3 Å². The highest BCUT2D eigenvalue weighted by Crippen LogP contribution is 2.16. The molecule has 0 saturated carbocycles. The Bertz CT molecular complexity index is 928. The van der Waals surface area contributed by atoms with Gasteiger partial charge >= 0.3 is 6.03 Å². The van der Waals surface area contributed by atoms with E-state index in [-0.39, 0.29) is 23.4 Å². The number of benzene rings is 2. The second-order valence-corrected chi connectivity index (χ2v) is 8.80. The molecule has 7 nitrogen and oxygen atoms in total. The fraction of sp³-hybridized carbons (Fsp3) is 0.333. The van der Waals surface area contributed by atoms with E-state index in [0.717, 1.165) is 17.4 Å². The lowest BCUT2D eigenvalue weighted by Gasteiger charge is -2.22. The number of carbonyl (C=O) groups excluding carboxylic acids is 2. The maximum atomic E-state index is 12.4. The largest absolute Gasteiger partial charge is 0.337 e. The second-order valence-electron chi connectivity index (χ2n) is 6.78. The van der Waals surface area contributed by atoms with Crippen LogP contribution in [0.1, 0.15) is 31.0 Å². The minimum atomic E-state index is -3.26. The highest BCUT2D eigenvalue weighted by atomic mass is 32.2. The van der Waals surface area contributed by atoms with Gasteiger partial charge in [-0.1, -0.05) is 42.5 Å². The van der Waals surface area contributed by atoms with Gasteiger partial charge in [-0.15, -0.1) is 0 Å². The molecular weight excluding hydrogens is 390 g/mol. The topological polar surface area (TPSA) is 95.6 Å². The van der Waals surface area contributed by atoms with Crippen molar-refractivity contribution in [2.24, 2.45) is 0 Å². The Balaban J connectivity index is 1.85. The molecule has 0 aromatic heterocycles. The van der Waals surface area contributed by atoms with Crippen molar-refractivity contribution >= 4 is 21.8 Å². The predicted octanol–water partition coefficient (Wildman–Crippen LogP) is 2.50. The highest BCUT2D eigenvalue weighted by Gasteiger charge is 2.15. The molecule has 8 heteroatoms. The van der Waals surface area contributed by atoms with E-state index in [1.54, 1.807) is 24.0 Å². The van der Waals surface area contributed by atoms with E-state index >= 15 is 0 Å². The quantitative estimate of drug-likeness (QED) is 0.690. The van der Waals surface area contributed by atoms with Crippen molar-refractivity contribution in [3.63, 3.8) is 0 Å². The van der Waals surface area contributed by atoms with Crippen LogP contribution in [0.25, 0.3) is 0 Å². The maximum Gasteiger partial charge on any atom is 0.315 e. The van der Waals surface area contributed by atoms with Gasteiger partial charge in [0.15, 0.2) is 9.84 Å². The fourth-order valence-corrected chi connectivity index (χ4v) is 3.41. The molecule has 0 aliphatic rings. The Labute approximate surface area is 172 Å². The van der Waals surface area contributed by atoms with Crippen molar-refractivity contribution in [1.29, 1.82) is 0 Å². The third kappa shape index (κ3) is 6.90. The zero-order chi connectivity index (χ0) is 21.4. The Morgan fingerprint density at radius 3 is 2.21 bits per heavy atom. The van der Waals surface area contributed by atoms with Gasteiger partial charge in [-0.25, -0.2) is 13.2 Å². The van der Waals surface area contributed by atoms with Gasteiger partial charge in [0, 0.05) is 19.3 Å². The molecule has 0 fully saturated rings. The van der Waals surface area contributed by atoms with Crippen LogP contribution >= 0.6 is 0 Å². The second kappa shape index (κ2) is 10.1. The van der Waals surface area contributed by atoms with E-state index in [1.165, 1.54) is 12.1 Å². The van der Waals surface area contributed by atoms with Crippen LogP contribution in [-0.2, 0) is 21.2 Å². The molecular formula is C21H27N3O4S. The molecule has 0 saturated heterocycles. The molecule has 2 rings (SSSR count). The summed E-state index contributed by atoms with van der Waals surface area (Å²) in [5, 5.41) is 5.33. The Morgan fingerprint density at radius 2 is 1.66 bits per heavy atom. The summed E-state index contributed by atoms with van der Waals surface area (Å²) in [6.07, 6.45) is 1.14. The third-order valence-electron chi connectivity index (χ3n) is 4.51. The summed E-state index contributed by atoms with van der Waals surface area (Å²) >= 11 is 0. The third-order valence-corrected chi connectivity index (χ3v) is 5.64. The smallest absolute Gasteiger partial charge is 0.315 e. The zero-order valence-corrected chi connectivity index (χ0v) is 17.7. The normalized spacial score (nSPS) is 12.1. The Morgan fingerprint density at radius 1 is 1.03 bits per heavy atom. The van der Waals surface area contributed by atoms with E-state index in [0.29, 0.717) is 13.1 Å². The monoisotopic (exact) mass is 417 g/mol. The molecule has 1 atom stereocenters. The summed E-state index contributed by atoms with van der Waals surface area (Å²) in [5.74, 6) is -0.170. The number of nitrogens with zero attached hydrogens (tertiary/aromatic N) is 1. The van der Waals surface area contributed by atoms with Gasteiger partial charge in [0.05, 0.1) is 17.5 Å². The van der Waals surface area contributed by atoms with Crippen LogP contribution in [0.4, 0.5) is 4.79 Å². The van der Waals surface area contributed by atoms with Gasteiger partial charge in [-0.3, -0.25) is 4.79 Å². The predicted molar refractivity (Wildman–Crippen MR) is 112 cm³/mol. The highest BCUT2D eigenvalue weighted by molar-refractivity contribution is 7.90. The summed E-state index contributed by atoms with van der Waals surface area (Å²) in [7, 11) is -3.26. The first-order valence-corrected chi connectivity index (χ1v) is 11.3. The fourth-order valence-electron chi connectivity index (χ4n) is 2.78. The van der Waals surface area contributed by atoms with Crippen molar-refractivity contribution < 1.29 is 18.0 Å². The van der Waals surface area contributed by atoms with Crippen LogP contribution in [0.3, 0.4) is 0 Å². The van der Waals surface area contributed by atoms with Gasteiger partial charge in [0.1, 0.15) is 0 Å². The lowest BCUT2D eigenvalue weighted by molar-refractivity contribution is -0.130. The standard InChI is InChI=1S/C21H27N3O4S/c1-4-24(15-17-8-6-5-7-9-17)20(25)14-22-21(26)23-16(2)18-10-12-19(13-11-18)29(3,27)28/h5-13,16H,4,14-15H2,1-3H3,(H2,22,23,26). The van der Waals surface area contributed by atoms with E-state index in [1.807, 2.05) is 37.3 Å². The molecule has 1 unspecified atom stereocenters. The Hall–Kier alpha value is -2.87. The molecule has 29 heavy (non-hydrogen) atoms. The minimum Gasteiger partial charge on any atom is -0.337 e. The average Bonchev–Trinajstić information content (AvgIpc) is 2.70. The summed E-state index contributed by atoms with van der Waals surface area (Å²) in [6, 6.07) is 15.2. The van der Waals surface area contributed by atoms with Crippen molar-refractivity contribution in [1.82, 2.24) is 15.5 Å². The molecule has 2 N–H and O–H groups in total. The number of carbonyl (C=O) groups is 2. The van der Waals surface area contributed by atoms with Crippen LogP contribution in [0.5, 0.6) is 0 Å². The summed E-state index contributed by atoms with van der Waals surface area (Å²) in [6.45, 7) is 4.60. The molecule has 2 aromatic carbocycles. The van der Waals surface area contributed by atoms with Crippen LogP contribution in [0.2, 0.25) is 0 Å². The van der Waals surface area contributed by atoms with Crippen molar-refractivity contribution in [3.8, 4) is 0 Å². The van der Waals surface area contributed by atoms with Crippen LogP contribution in [0, 0.1) is 0 Å². The SMILES string of the molecule is CCN(Cc1ccccc1)C(=O)CNC(=O)NC(C)c1ccc(S(C)(=O)=O)cc1. The maximum absolute atomic E-state index is 12.4. The number of hydrogen-bond donors (Lipinski definition) is 2. The molecule has 0 aliphatic carbocycles. The molecule has 3 amide bonds. The number of rotatable bonds is 8. The first kappa shape index (κ1) is 22.4. The molecule has 0 spiro atoms. The van der Waals surface area contributed by atoms with Crippen LogP contribution in [0.15, 0.2) is 59.5 Å². The molecule has 0 radical (unpaired) electrons. The van der Waals surface area contributed by atoms with Crippen LogP contribution < -0.4 is 10.6 Å². The van der Waals surface area contributed by atoms with E-state index in [2.05, 4.69) is 10.6 Å². The molecule has 156 valence electrons. The molecule has 0 heterocycles. The number of amides is 3. The van der Waals surface area contributed by atoms with E-state index in [9.17, 15) is 18.0 Å². The zero-order valence-electron chi connectivity index (χ0n) is 16.9. The van der Waals surface area contributed by atoms with E-state index in [4.69, 9.17) is 0 Å². The summed E-state index contributed by atoms with van der Waals surface area (Å²) < 4.78 is 23.0. The minimum absolute atomic E-state index is 0.105. The molecule has 0 bridgehead atoms. The Kier molecular flexibility index (Phi) is 7.78. The average molecular weight is 418 g/mol. The number of nitrogens with one attached hydrogen (secondary N) is 2. The van der Waals surface area contributed by atoms with Crippen molar-refractivity contribution in [2.75, 3.05) is 19.3 Å². The summed E-state index contributed by atoms with van der Waals surface area (Å²) in [4.78, 5) is 26.4. The van der Waals surface area contributed by atoms with Gasteiger partial charge in [-0.05, 0) is 37.1 Å². The number of likely N-dealkylation sites (N-methyl/N-ethyl adjacent to an activating group) is 1.